The molecule has 1 aromatic heterocycles. The molecule has 0 bridgehead atoms. The predicted octanol–water partition coefficient (Wildman–Crippen LogP) is 2.11. The Morgan fingerprint density at radius 3 is 2.80 bits per heavy atom. The maximum atomic E-state index is 11.1. The molecular formula is C9H9NO3S2. The number of aromatic nitrogens is 1. The zero-order valence-electron chi connectivity index (χ0n) is 7.97. The van der Waals surface area contributed by atoms with Gasteiger partial charge in [0.1, 0.15) is 0 Å². The molecule has 1 aromatic carbocycles. The lowest BCUT2D eigenvalue weighted by atomic mass is 10.1. The first-order valence-electron chi connectivity index (χ1n) is 4.39. The largest absolute Gasteiger partial charge is 0.313 e. The summed E-state index contributed by atoms with van der Waals surface area (Å²) in [5.41, 5.74) is 0.883. The minimum absolute atomic E-state index is 0.222. The molecule has 0 aliphatic carbocycles. The van der Waals surface area contributed by atoms with Crippen LogP contribution < -0.4 is 0 Å². The van der Waals surface area contributed by atoms with Gasteiger partial charge in [0, 0.05) is 5.39 Å². The van der Waals surface area contributed by atoms with Gasteiger partial charge in [-0.2, -0.15) is 12.8 Å². The summed E-state index contributed by atoms with van der Waals surface area (Å²) < 4.78 is 35.7. The van der Waals surface area contributed by atoms with Crippen LogP contribution in [0.15, 0.2) is 23.2 Å². The third kappa shape index (κ3) is 1.75. The lowest BCUT2D eigenvalue weighted by molar-refractivity contribution is 0.481. The standard InChI is InChI=1S/C9H9NO3S2/c1-2-6-4-3-5-7-8(6)9(10-14-7)15(11,12)13/h3-5H,2H2,1H3,(H,11,12,13). The summed E-state index contributed by atoms with van der Waals surface area (Å²) in [4.78, 5) is 0. The van der Waals surface area contributed by atoms with Gasteiger partial charge in [-0.1, -0.05) is 19.1 Å². The van der Waals surface area contributed by atoms with Gasteiger partial charge in [0.2, 0.25) is 5.03 Å². The van der Waals surface area contributed by atoms with E-state index in [1.54, 1.807) is 6.07 Å². The third-order valence-corrected chi connectivity index (χ3v) is 3.89. The Hall–Kier alpha value is -0.980. The molecule has 6 heteroatoms. The Kier molecular flexibility index (Phi) is 2.49. The molecule has 1 heterocycles. The molecule has 2 aromatic rings. The Morgan fingerprint density at radius 2 is 2.20 bits per heavy atom. The second-order valence-electron chi connectivity index (χ2n) is 3.11. The number of rotatable bonds is 2. The van der Waals surface area contributed by atoms with Gasteiger partial charge in [0.25, 0.3) is 0 Å². The van der Waals surface area contributed by atoms with E-state index < -0.39 is 10.1 Å². The van der Waals surface area contributed by atoms with Crippen LogP contribution in [0, 0.1) is 0 Å². The van der Waals surface area contributed by atoms with E-state index in [1.165, 1.54) is 0 Å². The van der Waals surface area contributed by atoms with Crippen LogP contribution in [0.3, 0.4) is 0 Å². The first kappa shape index (κ1) is 10.5. The first-order valence-corrected chi connectivity index (χ1v) is 6.60. The van der Waals surface area contributed by atoms with Crippen LogP contribution >= 0.6 is 11.5 Å². The molecule has 0 aliphatic heterocycles. The summed E-state index contributed by atoms with van der Waals surface area (Å²) in [6.07, 6.45) is 0.707. The summed E-state index contributed by atoms with van der Waals surface area (Å²) in [6.45, 7) is 1.93. The average Bonchev–Trinajstić information content (AvgIpc) is 2.59. The molecular weight excluding hydrogens is 234 g/mol. The topological polar surface area (TPSA) is 67.3 Å². The van der Waals surface area contributed by atoms with E-state index in [9.17, 15) is 8.42 Å². The molecule has 0 unspecified atom stereocenters. The number of fused-ring (bicyclic) bond motifs is 1. The Balaban J connectivity index is 2.89. The summed E-state index contributed by atoms with van der Waals surface area (Å²) in [6, 6.07) is 5.49. The number of hydrogen-bond acceptors (Lipinski definition) is 4. The smallest absolute Gasteiger partial charge is 0.281 e. The highest BCUT2D eigenvalue weighted by molar-refractivity contribution is 7.86. The highest BCUT2D eigenvalue weighted by Gasteiger charge is 2.19. The van der Waals surface area contributed by atoms with E-state index in [0.717, 1.165) is 21.8 Å². The summed E-state index contributed by atoms with van der Waals surface area (Å²) >= 11 is 1.08. The third-order valence-electron chi connectivity index (χ3n) is 2.18. The molecule has 4 nitrogen and oxygen atoms in total. The van der Waals surface area contributed by atoms with Gasteiger partial charge < -0.3 is 0 Å². The van der Waals surface area contributed by atoms with Crippen LogP contribution in [0.25, 0.3) is 10.1 Å². The SMILES string of the molecule is CCc1cccc2snc(S(=O)(=O)O)c12. The molecule has 80 valence electrons. The lowest BCUT2D eigenvalue weighted by Gasteiger charge is -1.99. The monoisotopic (exact) mass is 243 g/mol. The van der Waals surface area contributed by atoms with Crippen LogP contribution in [0.1, 0.15) is 12.5 Å². The molecule has 0 spiro atoms. The maximum absolute atomic E-state index is 11.1. The van der Waals surface area contributed by atoms with E-state index in [2.05, 4.69) is 4.37 Å². The number of benzene rings is 1. The minimum Gasteiger partial charge on any atom is -0.281 e. The van der Waals surface area contributed by atoms with Gasteiger partial charge in [-0.3, -0.25) is 4.55 Å². The van der Waals surface area contributed by atoms with Crippen molar-refractivity contribution in [2.75, 3.05) is 0 Å². The average molecular weight is 243 g/mol. The fourth-order valence-corrected chi connectivity index (χ4v) is 3.29. The van der Waals surface area contributed by atoms with Crippen molar-refractivity contribution in [3.63, 3.8) is 0 Å². The van der Waals surface area contributed by atoms with Crippen molar-refractivity contribution in [2.24, 2.45) is 0 Å². The number of aryl methyl sites for hydroxylation is 1. The van der Waals surface area contributed by atoms with Crippen molar-refractivity contribution < 1.29 is 13.0 Å². The molecule has 2 rings (SSSR count). The molecule has 0 atom stereocenters. The molecule has 0 saturated carbocycles. The van der Waals surface area contributed by atoms with E-state index in [0.29, 0.717) is 11.8 Å². The first-order chi connectivity index (χ1) is 7.04. The van der Waals surface area contributed by atoms with Crippen molar-refractivity contribution in [3.8, 4) is 0 Å². The second-order valence-corrected chi connectivity index (χ2v) is 5.25. The van der Waals surface area contributed by atoms with E-state index in [4.69, 9.17) is 4.55 Å². The Bertz CT molecular complexity index is 601. The van der Waals surface area contributed by atoms with E-state index in [1.807, 2.05) is 19.1 Å². The lowest BCUT2D eigenvalue weighted by Crippen LogP contribution is -1.99. The van der Waals surface area contributed by atoms with Crippen molar-refractivity contribution in [1.82, 2.24) is 4.37 Å². The second kappa shape index (κ2) is 3.55. The summed E-state index contributed by atoms with van der Waals surface area (Å²) in [5.74, 6) is 0. The van der Waals surface area contributed by atoms with E-state index >= 15 is 0 Å². The van der Waals surface area contributed by atoms with Crippen LogP contribution in [0.2, 0.25) is 0 Å². The molecule has 15 heavy (non-hydrogen) atoms. The molecule has 1 N–H and O–H groups in total. The van der Waals surface area contributed by atoms with Crippen molar-refractivity contribution in [1.29, 1.82) is 0 Å². The fourth-order valence-electron chi connectivity index (χ4n) is 1.50. The van der Waals surface area contributed by atoms with Crippen molar-refractivity contribution >= 4 is 31.7 Å². The van der Waals surface area contributed by atoms with Gasteiger partial charge in [0.05, 0.1) is 4.70 Å². The zero-order chi connectivity index (χ0) is 11.1. The Morgan fingerprint density at radius 1 is 1.47 bits per heavy atom. The van der Waals surface area contributed by atoms with Gasteiger partial charge in [-0.15, -0.1) is 0 Å². The highest BCUT2D eigenvalue weighted by atomic mass is 32.2. The van der Waals surface area contributed by atoms with E-state index in [-0.39, 0.29) is 5.03 Å². The molecule has 0 radical (unpaired) electrons. The minimum atomic E-state index is -4.22. The van der Waals surface area contributed by atoms with Crippen LogP contribution in [-0.4, -0.2) is 17.3 Å². The van der Waals surface area contributed by atoms with Gasteiger partial charge in [0.15, 0.2) is 0 Å². The Labute approximate surface area is 91.5 Å². The quantitative estimate of drug-likeness (QED) is 0.820. The van der Waals surface area contributed by atoms with Crippen LogP contribution in [-0.2, 0) is 16.5 Å². The predicted molar refractivity (Wildman–Crippen MR) is 58.8 cm³/mol. The normalized spacial score (nSPS) is 12.1. The number of nitrogens with zero attached hydrogens (tertiary/aromatic N) is 1. The number of hydrogen-bond donors (Lipinski definition) is 1. The molecule has 0 fully saturated rings. The molecule has 0 amide bonds. The van der Waals surface area contributed by atoms with Crippen molar-refractivity contribution in [2.45, 2.75) is 18.4 Å². The van der Waals surface area contributed by atoms with Crippen LogP contribution in [0.5, 0.6) is 0 Å². The molecule has 0 aliphatic rings. The summed E-state index contributed by atoms with van der Waals surface area (Å²) in [7, 11) is -4.22. The van der Waals surface area contributed by atoms with Gasteiger partial charge >= 0.3 is 10.1 Å². The van der Waals surface area contributed by atoms with Gasteiger partial charge in [-0.25, -0.2) is 0 Å². The van der Waals surface area contributed by atoms with Crippen molar-refractivity contribution in [3.05, 3.63) is 23.8 Å². The zero-order valence-corrected chi connectivity index (χ0v) is 9.60. The van der Waals surface area contributed by atoms with Gasteiger partial charge in [-0.05, 0) is 29.6 Å². The maximum Gasteiger partial charge on any atom is 0.313 e. The highest BCUT2D eigenvalue weighted by Crippen LogP contribution is 2.29. The molecule has 0 saturated heterocycles. The fraction of sp³-hybridized carbons (Fsp3) is 0.222. The van der Waals surface area contributed by atoms with Crippen LogP contribution in [0.4, 0.5) is 0 Å². The summed E-state index contributed by atoms with van der Waals surface area (Å²) in [5, 5.41) is 0.326.